The summed E-state index contributed by atoms with van der Waals surface area (Å²) in [6.07, 6.45) is 1.59. The van der Waals surface area contributed by atoms with Crippen molar-refractivity contribution in [3.05, 3.63) is 34.7 Å². The number of amides is 1. The summed E-state index contributed by atoms with van der Waals surface area (Å²) >= 11 is 6.00. The van der Waals surface area contributed by atoms with Gasteiger partial charge in [-0.1, -0.05) is 36.1 Å². The van der Waals surface area contributed by atoms with Crippen molar-refractivity contribution < 1.29 is 24.5 Å². The van der Waals surface area contributed by atoms with Crippen LogP contribution in [-0.4, -0.2) is 46.0 Å². The summed E-state index contributed by atoms with van der Waals surface area (Å²) in [5, 5.41) is 20.1. The average molecular weight is 338 g/mol. The molecule has 0 aromatic heterocycles. The SMILES string of the molecule is COc1cccc(/C=C2\SC(=S)N([C@H](CO)C(=O)[O-])C2=O)c1. The molecule has 0 saturated carbocycles. The lowest BCUT2D eigenvalue weighted by Gasteiger charge is -2.25. The molecule has 6 nitrogen and oxygen atoms in total. The number of rotatable bonds is 5. The molecule has 1 amide bonds. The van der Waals surface area contributed by atoms with Crippen molar-refractivity contribution in [3.63, 3.8) is 0 Å². The van der Waals surface area contributed by atoms with Gasteiger partial charge < -0.3 is 19.7 Å². The highest BCUT2D eigenvalue weighted by Crippen LogP contribution is 2.34. The lowest BCUT2D eigenvalue weighted by Crippen LogP contribution is -2.51. The first-order chi connectivity index (χ1) is 10.5. The summed E-state index contributed by atoms with van der Waals surface area (Å²) in [4.78, 5) is 24.4. The second kappa shape index (κ2) is 6.91. The number of carboxylic acids is 1. The number of methoxy groups -OCH3 is 1. The molecule has 1 fully saturated rings. The van der Waals surface area contributed by atoms with Gasteiger partial charge in [-0.25, -0.2) is 0 Å². The number of benzene rings is 1. The monoisotopic (exact) mass is 338 g/mol. The van der Waals surface area contributed by atoms with Crippen molar-refractivity contribution in [3.8, 4) is 5.75 Å². The molecular formula is C14H12NO5S2-. The molecule has 116 valence electrons. The molecule has 1 saturated heterocycles. The van der Waals surface area contributed by atoms with Crippen LogP contribution in [0.5, 0.6) is 5.75 Å². The van der Waals surface area contributed by atoms with E-state index < -0.39 is 24.5 Å². The largest absolute Gasteiger partial charge is 0.548 e. The Morgan fingerprint density at radius 2 is 2.32 bits per heavy atom. The summed E-state index contributed by atoms with van der Waals surface area (Å²) in [5.74, 6) is -1.49. The van der Waals surface area contributed by atoms with Crippen LogP contribution >= 0.6 is 24.0 Å². The van der Waals surface area contributed by atoms with E-state index in [2.05, 4.69) is 0 Å². The number of hydrogen-bond donors (Lipinski definition) is 1. The fourth-order valence-electron chi connectivity index (χ4n) is 1.89. The summed E-state index contributed by atoms with van der Waals surface area (Å²) in [6.45, 7) is -0.763. The molecule has 1 aliphatic rings. The van der Waals surface area contributed by atoms with Crippen molar-refractivity contribution >= 4 is 46.3 Å². The van der Waals surface area contributed by atoms with Gasteiger partial charge in [0.1, 0.15) is 16.1 Å². The molecule has 8 heteroatoms. The van der Waals surface area contributed by atoms with E-state index in [4.69, 9.17) is 22.1 Å². The highest BCUT2D eigenvalue weighted by molar-refractivity contribution is 8.26. The predicted octanol–water partition coefficient (Wildman–Crippen LogP) is 0.00720. The number of ether oxygens (including phenoxy) is 1. The summed E-state index contributed by atoms with van der Waals surface area (Å²) in [6, 6.07) is 5.55. The normalized spacial score (nSPS) is 17.9. The number of carbonyl (C=O) groups is 2. The van der Waals surface area contributed by atoms with Gasteiger partial charge in [-0.15, -0.1) is 0 Å². The summed E-state index contributed by atoms with van der Waals surface area (Å²) in [7, 11) is 1.53. The van der Waals surface area contributed by atoms with E-state index in [9.17, 15) is 14.7 Å². The highest BCUT2D eigenvalue weighted by Gasteiger charge is 2.37. The summed E-state index contributed by atoms with van der Waals surface area (Å²) in [5.41, 5.74) is 0.717. The molecule has 0 radical (unpaired) electrons. The number of thiocarbonyl (C=S) groups is 1. The van der Waals surface area contributed by atoms with Gasteiger partial charge in [-0.3, -0.25) is 9.69 Å². The van der Waals surface area contributed by atoms with E-state index in [1.54, 1.807) is 30.3 Å². The first kappa shape index (κ1) is 16.5. The molecule has 22 heavy (non-hydrogen) atoms. The quantitative estimate of drug-likeness (QED) is 0.597. The zero-order valence-electron chi connectivity index (χ0n) is 11.5. The van der Waals surface area contributed by atoms with E-state index in [1.807, 2.05) is 0 Å². The maximum Gasteiger partial charge on any atom is 0.266 e. The van der Waals surface area contributed by atoms with Crippen molar-refractivity contribution in [2.45, 2.75) is 6.04 Å². The number of carboxylic acid groups (broad SMARTS) is 1. The predicted molar refractivity (Wildman–Crippen MR) is 83.9 cm³/mol. The minimum absolute atomic E-state index is 0.0717. The van der Waals surface area contributed by atoms with Crippen LogP contribution in [0.2, 0.25) is 0 Å². The van der Waals surface area contributed by atoms with E-state index in [-0.39, 0.29) is 9.23 Å². The molecule has 0 bridgehead atoms. The van der Waals surface area contributed by atoms with Crippen LogP contribution in [0.15, 0.2) is 29.2 Å². The van der Waals surface area contributed by atoms with Gasteiger partial charge in [-0.2, -0.15) is 0 Å². The molecule has 0 spiro atoms. The maximum atomic E-state index is 12.3. The smallest absolute Gasteiger partial charge is 0.266 e. The van der Waals surface area contributed by atoms with Crippen LogP contribution in [0.25, 0.3) is 6.08 Å². The Balaban J connectivity index is 2.31. The fraction of sp³-hybridized carbons (Fsp3) is 0.214. The molecule has 1 aromatic carbocycles. The highest BCUT2D eigenvalue weighted by atomic mass is 32.2. The Labute approximate surface area is 136 Å². The third-order valence-corrected chi connectivity index (χ3v) is 4.30. The summed E-state index contributed by atoms with van der Waals surface area (Å²) < 4.78 is 5.17. The molecule has 2 rings (SSSR count). The van der Waals surface area contributed by atoms with Crippen molar-refractivity contribution in [1.29, 1.82) is 0 Å². The van der Waals surface area contributed by atoms with Gasteiger partial charge in [0.2, 0.25) is 0 Å². The van der Waals surface area contributed by atoms with Gasteiger partial charge in [0.25, 0.3) is 5.91 Å². The Kier molecular flexibility index (Phi) is 5.17. The number of thioether (sulfide) groups is 1. The second-order valence-electron chi connectivity index (χ2n) is 4.35. The van der Waals surface area contributed by atoms with Gasteiger partial charge in [-0.05, 0) is 23.8 Å². The van der Waals surface area contributed by atoms with E-state index in [1.165, 1.54) is 7.11 Å². The Bertz CT molecular complexity index is 658. The third-order valence-electron chi connectivity index (χ3n) is 2.97. The lowest BCUT2D eigenvalue weighted by molar-refractivity contribution is -0.311. The van der Waals surface area contributed by atoms with Crippen LogP contribution in [0.3, 0.4) is 0 Å². The molecule has 1 heterocycles. The van der Waals surface area contributed by atoms with Gasteiger partial charge >= 0.3 is 0 Å². The van der Waals surface area contributed by atoms with Gasteiger partial charge in [0.15, 0.2) is 0 Å². The third kappa shape index (κ3) is 3.29. The number of carbonyl (C=O) groups excluding carboxylic acids is 2. The first-order valence-corrected chi connectivity index (χ1v) is 7.43. The molecule has 1 atom stereocenters. The molecular weight excluding hydrogens is 326 g/mol. The van der Waals surface area contributed by atoms with E-state index >= 15 is 0 Å². The van der Waals surface area contributed by atoms with Crippen LogP contribution in [0, 0.1) is 0 Å². The number of aliphatic carboxylic acids is 1. The van der Waals surface area contributed by atoms with Crippen molar-refractivity contribution in [2.75, 3.05) is 13.7 Å². The Hall–Kier alpha value is -1.90. The lowest BCUT2D eigenvalue weighted by atomic mass is 10.2. The first-order valence-electron chi connectivity index (χ1n) is 6.20. The maximum absolute atomic E-state index is 12.3. The number of nitrogens with zero attached hydrogens (tertiary/aromatic N) is 1. The van der Waals surface area contributed by atoms with Gasteiger partial charge in [0.05, 0.1) is 24.6 Å². The minimum atomic E-state index is -1.55. The van der Waals surface area contributed by atoms with Gasteiger partial charge in [0, 0.05) is 0 Å². The van der Waals surface area contributed by atoms with E-state index in [0.717, 1.165) is 16.7 Å². The molecule has 0 aliphatic carbocycles. The topological polar surface area (TPSA) is 89.9 Å². The number of aliphatic hydroxyl groups excluding tert-OH is 1. The Morgan fingerprint density at radius 1 is 1.59 bits per heavy atom. The second-order valence-corrected chi connectivity index (χ2v) is 6.02. The zero-order chi connectivity index (χ0) is 16.3. The minimum Gasteiger partial charge on any atom is -0.548 e. The van der Waals surface area contributed by atoms with Crippen LogP contribution in [-0.2, 0) is 9.59 Å². The van der Waals surface area contributed by atoms with Crippen LogP contribution in [0.4, 0.5) is 0 Å². The van der Waals surface area contributed by atoms with Crippen LogP contribution < -0.4 is 9.84 Å². The number of aliphatic hydroxyl groups is 1. The van der Waals surface area contributed by atoms with Crippen molar-refractivity contribution in [2.24, 2.45) is 0 Å². The van der Waals surface area contributed by atoms with Crippen LogP contribution in [0.1, 0.15) is 5.56 Å². The molecule has 1 N–H and O–H groups in total. The zero-order valence-corrected chi connectivity index (χ0v) is 13.1. The molecule has 0 unspecified atom stereocenters. The standard InChI is InChI=1S/C14H13NO5S2/c1-20-9-4-2-3-8(5-9)6-11-12(17)15(14(21)22-11)10(7-16)13(18)19/h2-6,10,16H,7H2,1H3,(H,18,19)/p-1/b11-6-/t10-/m1/s1. The van der Waals surface area contributed by atoms with E-state index in [0.29, 0.717) is 11.3 Å². The molecule has 1 aromatic rings. The average Bonchev–Trinajstić information content (AvgIpc) is 2.76. The fourth-order valence-corrected chi connectivity index (χ4v) is 3.25. The number of hydrogen-bond acceptors (Lipinski definition) is 7. The molecule has 1 aliphatic heterocycles. The van der Waals surface area contributed by atoms with Crippen molar-refractivity contribution in [1.82, 2.24) is 4.90 Å². The Morgan fingerprint density at radius 3 is 2.91 bits per heavy atom.